The van der Waals surface area contributed by atoms with Crippen molar-refractivity contribution < 1.29 is 18.8 Å². The number of carbonyl (C=O) groups excluding carboxylic acids is 2. The summed E-state index contributed by atoms with van der Waals surface area (Å²) in [4.78, 5) is 27.9. The molecule has 5 aliphatic rings. The molecule has 5 fully saturated rings. The van der Waals surface area contributed by atoms with Gasteiger partial charge in [-0.3, -0.25) is 9.59 Å². The number of aromatic nitrogens is 1. The standard InChI is InChI=1S/C23H31N3O4/c1-22(7-2-3-8-22)21(28)26-12-16-15(18-6-9-23(16,13-26)29-18)11-24-20(27)19-10-17(25-30-19)14-4-5-14/h10,14-16,18H,2-9,11-13H2,1H3,(H,24,27)/t15-,16+,18+,23+/m0/s1. The van der Waals surface area contributed by atoms with Crippen LogP contribution in [0.1, 0.15) is 80.5 Å². The fraction of sp³-hybridized carbons (Fsp3) is 0.783. The summed E-state index contributed by atoms with van der Waals surface area (Å²) < 4.78 is 11.7. The van der Waals surface area contributed by atoms with Crippen LogP contribution in [0.25, 0.3) is 0 Å². The second-order valence-electron chi connectivity index (χ2n) is 10.6. The molecular weight excluding hydrogens is 382 g/mol. The molecule has 1 aromatic heterocycles. The molecule has 2 saturated carbocycles. The SMILES string of the molecule is CC1(C(=O)N2C[C@@H]3[C@H](CNC(=O)c4cc(C5CC5)no4)[C@H]4CC[C@]3(C2)O4)CCCC1. The number of carbonyl (C=O) groups is 2. The molecular formula is C23H31N3O4. The zero-order valence-electron chi connectivity index (χ0n) is 17.7. The lowest BCUT2D eigenvalue weighted by atomic mass is 9.73. The summed E-state index contributed by atoms with van der Waals surface area (Å²) in [6.07, 6.45) is 8.81. The maximum absolute atomic E-state index is 13.3. The van der Waals surface area contributed by atoms with Gasteiger partial charge in [-0.05, 0) is 38.5 Å². The number of likely N-dealkylation sites (tertiary alicyclic amines) is 1. The first-order chi connectivity index (χ1) is 14.5. The second kappa shape index (κ2) is 6.55. The van der Waals surface area contributed by atoms with Gasteiger partial charge in [0.1, 0.15) is 0 Å². The van der Waals surface area contributed by atoms with Gasteiger partial charge in [-0.2, -0.15) is 0 Å². The normalized spacial score (nSPS) is 36.3. The van der Waals surface area contributed by atoms with Crippen molar-refractivity contribution in [3.8, 4) is 0 Å². The van der Waals surface area contributed by atoms with Crippen molar-refractivity contribution in [1.82, 2.24) is 15.4 Å². The van der Waals surface area contributed by atoms with Crippen molar-refractivity contribution in [2.45, 2.75) is 75.9 Å². The Kier molecular flexibility index (Phi) is 4.12. The number of rotatable bonds is 5. The average Bonchev–Trinajstić information content (AvgIpc) is 3.19. The zero-order chi connectivity index (χ0) is 20.5. The number of hydrogen-bond acceptors (Lipinski definition) is 5. The van der Waals surface area contributed by atoms with E-state index in [1.54, 1.807) is 6.07 Å². The molecule has 4 atom stereocenters. The molecule has 2 bridgehead atoms. The number of ether oxygens (including phenoxy) is 1. The summed E-state index contributed by atoms with van der Waals surface area (Å²) in [5, 5.41) is 7.10. The molecule has 3 aliphatic heterocycles. The predicted octanol–water partition coefficient (Wildman–Crippen LogP) is 2.87. The quantitative estimate of drug-likeness (QED) is 0.802. The van der Waals surface area contributed by atoms with E-state index in [9.17, 15) is 9.59 Å². The molecule has 7 heteroatoms. The van der Waals surface area contributed by atoms with Crippen molar-refractivity contribution in [2.75, 3.05) is 19.6 Å². The van der Waals surface area contributed by atoms with Crippen LogP contribution < -0.4 is 5.32 Å². The van der Waals surface area contributed by atoms with Gasteiger partial charge >= 0.3 is 0 Å². The minimum atomic E-state index is -0.199. The third kappa shape index (κ3) is 2.84. The number of nitrogens with one attached hydrogen (secondary N) is 1. The Bertz CT molecular complexity index is 872. The monoisotopic (exact) mass is 413 g/mol. The van der Waals surface area contributed by atoms with Gasteiger partial charge in [-0.25, -0.2) is 0 Å². The number of fused-ring (bicyclic) bond motifs is 1. The first-order valence-corrected chi connectivity index (χ1v) is 11.7. The van der Waals surface area contributed by atoms with Crippen LogP contribution >= 0.6 is 0 Å². The van der Waals surface area contributed by atoms with Crippen molar-refractivity contribution >= 4 is 11.8 Å². The molecule has 0 unspecified atom stereocenters. The van der Waals surface area contributed by atoms with Crippen molar-refractivity contribution in [3.63, 3.8) is 0 Å². The third-order valence-corrected chi connectivity index (χ3v) is 8.54. The highest BCUT2D eigenvalue weighted by Crippen LogP contribution is 2.55. The molecule has 4 heterocycles. The molecule has 2 aliphatic carbocycles. The number of amides is 2. The topological polar surface area (TPSA) is 84.7 Å². The van der Waals surface area contributed by atoms with E-state index in [0.29, 0.717) is 30.0 Å². The smallest absolute Gasteiger partial charge is 0.289 e. The van der Waals surface area contributed by atoms with E-state index in [4.69, 9.17) is 9.26 Å². The summed E-state index contributed by atoms with van der Waals surface area (Å²) in [5.41, 5.74) is 0.506. The van der Waals surface area contributed by atoms with E-state index in [0.717, 1.165) is 70.2 Å². The van der Waals surface area contributed by atoms with Gasteiger partial charge in [0.05, 0.1) is 23.9 Å². The lowest BCUT2D eigenvalue weighted by Gasteiger charge is -2.30. The van der Waals surface area contributed by atoms with Crippen LogP contribution in [-0.4, -0.2) is 53.2 Å². The largest absolute Gasteiger partial charge is 0.369 e. The highest BCUT2D eigenvalue weighted by Gasteiger charge is 2.64. The van der Waals surface area contributed by atoms with E-state index in [1.807, 2.05) is 0 Å². The minimum Gasteiger partial charge on any atom is -0.369 e. The summed E-state index contributed by atoms with van der Waals surface area (Å²) in [6, 6.07) is 1.78. The molecule has 3 saturated heterocycles. The Labute approximate surface area is 176 Å². The third-order valence-electron chi connectivity index (χ3n) is 8.54. The lowest BCUT2D eigenvalue weighted by molar-refractivity contribution is -0.141. The van der Waals surface area contributed by atoms with Gasteiger partial charge in [0.2, 0.25) is 11.7 Å². The van der Waals surface area contributed by atoms with E-state index in [2.05, 4.69) is 22.3 Å². The molecule has 0 radical (unpaired) electrons. The van der Waals surface area contributed by atoms with Crippen LogP contribution in [0.3, 0.4) is 0 Å². The Hall–Kier alpha value is -1.89. The molecule has 1 N–H and O–H groups in total. The lowest BCUT2D eigenvalue weighted by Crippen LogP contribution is -2.42. The highest BCUT2D eigenvalue weighted by molar-refractivity contribution is 5.91. The molecule has 2 amide bonds. The predicted molar refractivity (Wildman–Crippen MR) is 108 cm³/mol. The number of nitrogens with zero attached hydrogens (tertiary/aromatic N) is 2. The molecule has 1 spiro atoms. The van der Waals surface area contributed by atoms with Crippen molar-refractivity contribution in [2.24, 2.45) is 17.3 Å². The highest BCUT2D eigenvalue weighted by atomic mass is 16.5. The fourth-order valence-electron chi connectivity index (χ4n) is 6.63. The van der Waals surface area contributed by atoms with Gasteiger partial charge in [-0.15, -0.1) is 0 Å². The molecule has 162 valence electrons. The Morgan fingerprint density at radius 3 is 2.80 bits per heavy atom. The zero-order valence-corrected chi connectivity index (χ0v) is 17.7. The fourth-order valence-corrected chi connectivity index (χ4v) is 6.63. The molecule has 30 heavy (non-hydrogen) atoms. The Morgan fingerprint density at radius 2 is 2.03 bits per heavy atom. The van der Waals surface area contributed by atoms with Gasteiger partial charge in [-0.1, -0.05) is 24.9 Å². The Balaban J connectivity index is 1.12. The van der Waals surface area contributed by atoms with Gasteiger partial charge < -0.3 is 19.5 Å². The van der Waals surface area contributed by atoms with Crippen LogP contribution in [-0.2, 0) is 9.53 Å². The summed E-state index contributed by atoms with van der Waals surface area (Å²) in [5.74, 6) is 1.44. The second-order valence-corrected chi connectivity index (χ2v) is 10.6. The summed E-state index contributed by atoms with van der Waals surface area (Å²) in [7, 11) is 0. The minimum absolute atomic E-state index is 0.186. The first-order valence-electron chi connectivity index (χ1n) is 11.7. The maximum atomic E-state index is 13.3. The molecule has 1 aromatic rings. The molecule has 7 nitrogen and oxygen atoms in total. The van der Waals surface area contributed by atoms with Crippen LogP contribution in [0.2, 0.25) is 0 Å². The van der Waals surface area contributed by atoms with Crippen LogP contribution in [0, 0.1) is 17.3 Å². The van der Waals surface area contributed by atoms with E-state index in [1.165, 1.54) is 0 Å². The van der Waals surface area contributed by atoms with Gasteiger partial charge in [0, 0.05) is 42.3 Å². The summed E-state index contributed by atoms with van der Waals surface area (Å²) in [6.45, 7) is 4.19. The number of hydrogen-bond donors (Lipinski definition) is 1. The first kappa shape index (κ1) is 18.8. The maximum Gasteiger partial charge on any atom is 0.289 e. The van der Waals surface area contributed by atoms with E-state index < -0.39 is 0 Å². The van der Waals surface area contributed by atoms with Crippen LogP contribution in [0.4, 0.5) is 0 Å². The van der Waals surface area contributed by atoms with Crippen molar-refractivity contribution in [1.29, 1.82) is 0 Å². The molecule has 0 aromatic carbocycles. The summed E-state index contributed by atoms with van der Waals surface area (Å²) >= 11 is 0. The Morgan fingerprint density at radius 1 is 1.23 bits per heavy atom. The van der Waals surface area contributed by atoms with Gasteiger partial charge in [0.15, 0.2) is 0 Å². The molecule has 6 rings (SSSR count). The van der Waals surface area contributed by atoms with Gasteiger partial charge in [0.25, 0.3) is 5.91 Å². The average molecular weight is 414 g/mol. The van der Waals surface area contributed by atoms with Crippen LogP contribution in [0.5, 0.6) is 0 Å². The van der Waals surface area contributed by atoms with Crippen molar-refractivity contribution in [3.05, 3.63) is 17.5 Å². The van der Waals surface area contributed by atoms with E-state index >= 15 is 0 Å². The van der Waals surface area contributed by atoms with Crippen LogP contribution in [0.15, 0.2) is 10.6 Å². The van der Waals surface area contributed by atoms with E-state index in [-0.39, 0.29) is 28.9 Å².